The highest BCUT2D eigenvalue weighted by Gasteiger charge is 2.31. The van der Waals surface area contributed by atoms with Crippen molar-refractivity contribution in [1.82, 2.24) is 9.78 Å². The van der Waals surface area contributed by atoms with E-state index in [0.29, 0.717) is 17.0 Å². The van der Waals surface area contributed by atoms with Gasteiger partial charge in [0.15, 0.2) is 0 Å². The van der Waals surface area contributed by atoms with Crippen molar-refractivity contribution in [3.05, 3.63) is 16.9 Å². The summed E-state index contributed by atoms with van der Waals surface area (Å²) in [7, 11) is 0. The van der Waals surface area contributed by atoms with Crippen LogP contribution in [0.5, 0.6) is 0 Å². The largest absolute Gasteiger partial charge is 0.322 e. The minimum atomic E-state index is 0.0253. The summed E-state index contributed by atoms with van der Waals surface area (Å²) >= 11 is 6.24. The average molecular weight is 256 g/mol. The zero-order valence-electron chi connectivity index (χ0n) is 10.9. The topological polar surface area (TPSA) is 43.8 Å². The fourth-order valence-corrected chi connectivity index (χ4v) is 3.13. The molecule has 0 spiro atoms. The van der Waals surface area contributed by atoms with Crippen molar-refractivity contribution in [3.8, 4) is 0 Å². The molecule has 1 fully saturated rings. The summed E-state index contributed by atoms with van der Waals surface area (Å²) in [5.41, 5.74) is 7.42. The first-order valence-electron chi connectivity index (χ1n) is 6.49. The number of nitrogens with two attached hydrogens (primary N) is 1. The van der Waals surface area contributed by atoms with E-state index in [-0.39, 0.29) is 6.04 Å². The molecule has 0 amide bonds. The van der Waals surface area contributed by atoms with E-state index in [0.717, 1.165) is 11.6 Å². The summed E-state index contributed by atoms with van der Waals surface area (Å²) in [5, 5.41) is 5.05. The van der Waals surface area contributed by atoms with Gasteiger partial charge in [-0.25, -0.2) is 0 Å². The second-order valence-corrected chi connectivity index (χ2v) is 6.03. The average Bonchev–Trinajstić information content (AvgIpc) is 2.83. The SMILES string of the molecule is CC1CCC(C(N)c2c(Cl)cnn2C(C)C)C1. The number of rotatable bonds is 3. The molecule has 0 aromatic carbocycles. The van der Waals surface area contributed by atoms with Gasteiger partial charge in [0, 0.05) is 6.04 Å². The van der Waals surface area contributed by atoms with Crippen LogP contribution in [0.25, 0.3) is 0 Å². The molecule has 3 atom stereocenters. The standard InChI is InChI=1S/C13H22ClN3/c1-8(2)17-13(11(14)7-16-17)12(15)10-5-4-9(3)6-10/h7-10,12H,4-6,15H2,1-3H3. The first-order valence-corrected chi connectivity index (χ1v) is 6.87. The molecule has 0 radical (unpaired) electrons. The van der Waals surface area contributed by atoms with Crippen LogP contribution >= 0.6 is 11.6 Å². The van der Waals surface area contributed by atoms with E-state index in [2.05, 4.69) is 25.9 Å². The van der Waals surface area contributed by atoms with Crippen molar-refractivity contribution < 1.29 is 0 Å². The molecule has 2 N–H and O–H groups in total. The molecule has 2 rings (SSSR count). The Balaban J connectivity index is 2.24. The Morgan fingerprint density at radius 3 is 2.71 bits per heavy atom. The highest BCUT2D eigenvalue weighted by molar-refractivity contribution is 6.31. The lowest BCUT2D eigenvalue weighted by atomic mass is 9.95. The lowest BCUT2D eigenvalue weighted by Gasteiger charge is -2.22. The predicted octanol–water partition coefficient (Wildman–Crippen LogP) is 3.55. The van der Waals surface area contributed by atoms with Gasteiger partial charge in [0.05, 0.1) is 23.0 Å². The first kappa shape index (κ1) is 12.9. The van der Waals surface area contributed by atoms with E-state index < -0.39 is 0 Å². The maximum absolute atomic E-state index is 6.40. The third kappa shape index (κ3) is 2.50. The van der Waals surface area contributed by atoms with Crippen LogP contribution in [0, 0.1) is 11.8 Å². The van der Waals surface area contributed by atoms with E-state index in [1.54, 1.807) is 6.20 Å². The molecule has 17 heavy (non-hydrogen) atoms. The predicted molar refractivity (Wildman–Crippen MR) is 71.1 cm³/mol. The molecule has 3 nitrogen and oxygen atoms in total. The summed E-state index contributed by atoms with van der Waals surface area (Å²) in [6.45, 7) is 6.52. The fourth-order valence-electron chi connectivity index (χ4n) is 2.87. The third-order valence-corrected chi connectivity index (χ3v) is 4.13. The van der Waals surface area contributed by atoms with Gasteiger partial charge in [-0.15, -0.1) is 0 Å². The van der Waals surface area contributed by atoms with Gasteiger partial charge in [0.1, 0.15) is 0 Å². The van der Waals surface area contributed by atoms with E-state index in [9.17, 15) is 0 Å². The highest BCUT2D eigenvalue weighted by Crippen LogP contribution is 2.39. The van der Waals surface area contributed by atoms with Crippen LogP contribution in [0.4, 0.5) is 0 Å². The molecule has 0 aliphatic heterocycles. The Labute approximate surface area is 108 Å². The Morgan fingerprint density at radius 1 is 1.47 bits per heavy atom. The van der Waals surface area contributed by atoms with Crippen molar-refractivity contribution in [1.29, 1.82) is 0 Å². The first-order chi connectivity index (χ1) is 8.00. The second-order valence-electron chi connectivity index (χ2n) is 5.62. The zero-order valence-corrected chi connectivity index (χ0v) is 11.6. The molecule has 1 aliphatic rings. The molecule has 3 unspecified atom stereocenters. The quantitative estimate of drug-likeness (QED) is 0.898. The van der Waals surface area contributed by atoms with Crippen molar-refractivity contribution in [3.63, 3.8) is 0 Å². The Hall–Kier alpha value is -0.540. The molecular weight excluding hydrogens is 234 g/mol. The molecule has 1 heterocycles. The van der Waals surface area contributed by atoms with E-state index >= 15 is 0 Å². The number of hydrogen-bond acceptors (Lipinski definition) is 2. The minimum absolute atomic E-state index is 0.0253. The monoisotopic (exact) mass is 255 g/mol. The van der Waals surface area contributed by atoms with Gasteiger partial charge < -0.3 is 5.73 Å². The van der Waals surface area contributed by atoms with Crippen molar-refractivity contribution in [2.75, 3.05) is 0 Å². The molecule has 1 saturated carbocycles. The van der Waals surface area contributed by atoms with Gasteiger partial charge in [0.2, 0.25) is 0 Å². The minimum Gasteiger partial charge on any atom is -0.322 e. The highest BCUT2D eigenvalue weighted by atomic mass is 35.5. The molecule has 0 saturated heterocycles. The number of aromatic nitrogens is 2. The van der Waals surface area contributed by atoms with Crippen molar-refractivity contribution >= 4 is 11.6 Å². The van der Waals surface area contributed by atoms with Gasteiger partial charge in [-0.3, -0.25) is 4.68 Å². The van der Waals surface area contributed by atoms with Crippen LogP contribution in [0.15, 0.2) is 6.20 Å². The van der Waals surface area contributed by atoms with Gasteiger partial charge >= 0.3 is 0 Å². The van der Waals surface area contributed by atoms with Gasteiger partial charge in [0.25, 0.3) is 0 Å². The van der Waals surface area contributed by atoms with E-state index in [4.69, 9.17) is 17.3 Å². The molecule has 0 bridgehead atoms. The van der Waals surface area contributed by atoms with Gasteiger partial charge in [-0.1, -0.05) is 24.9 Å². The van der Waals surface area contributed by atoms with Gasteiger partial charge in [-0.05, 0) is 38.5 Å². The molecule has 1 aliphatic carbocycles. The fraction of sp³-hybridized carbons (Fsp3) is 0.769. The van der Waals surface area contributed by atoms with Crippen molar-refractivity contribution in [2.24, 2.45) is 17.6 Å². The van der Waals surface area contributed by atoms with Crippen LogP contribution < -0.4 is 5.73 Å². The number of nitrogens with zero attached hydrogens (tertiary/aromatic N) is 2. The van der Waals surface area contributed by atoms with Crippen LogP contribution in [-0.4, -0.2) is 9.78 Å². The summed E-state index contributed by atoms with van der Waals surface area (Å²) in [4.78, 5) is 0. The summed E-state index contributed by atoms with van der Waals surface area (Å²) in [6.07, 6.45) is 5.42. The number of hydrogen-bond donors (Lipinski definition) is 1. The molecule has 96 valence electrons. The van der Waals surface area contributed by atoms with Crippen LogP contribution in [0.1, 0.15) is 57.8 Å². The lowest BCUT2D eigenvalue weighted by molar-refractivity contribution is 0.389. The maximum Gasteiger partial charge on any atom is 0.0834 e. The van der Waals surface area contributed by atoms with Gasteiger partial charge in [-0.2, -0.15) is 5.10 Å². The normalized spacial score (nSPS) is 26.7. The summed E-state index contributed by atoms with van der Waals surface area (Å²) < 4.78 is 1.97. The van der Waals surface area contributed by atoms with E-state index in [1.165, 1.54) is 19.3 Å². The van der Waals surface area contributed by atoms with E-state index in [1.807, 2.05) is 4.68 Å². The second kappa shape index (κ2) is 4.99. The molecular formula is C13H22ClN3. The smallest absolute Gasteiger partial charge is 0.0834 e. The zero-order chi connectivity index (χ0) is 12.6. The lowest BCUT2D eigenvalue weighted by Crippen LogP contribution is -2.24. The summed E-state index contributed by atoms with van der Waals surface area (Å²) in [6, 6.07) is 0.333. The van der Waals surface area contributed by atoms with Crippen LogP contribution in [0.3, 0.4) is 0 Å². The summed E-state index contributed by atoms with van der Waals surface area (Å²) in [5.74, 6) is 1.34. The van der Waals surface area contributed by atoms with Crippen LogP contribution in [-0.2, 0) is 0 Å². The maximum atomic E-state index is 6.40. The Bertz CT molecular complexity index is 386. The molecule has 1 aromatic heterocycles. The Morgan fingerprint density at radius 2 is 2.18 bits per heavy atom. The molecule has 1 aromatic rings. The van der Waals surface area contributed by atoms with Crippen LogP contribution in [0.2, 0.25) is 5.02 Å². The number of halogens is 1. The third-order valence-electron chi connectivity index (χ3n) is 3.84. The Kier molecular flexibility index (Phi) is 3.79. The van der Waals surface area contributed by atoms with Crippen molar-refractivity contribution in [2.45, 2.75) is 52.1 Å². The molecule has 4 heteroatoms.